The van der Waals surface area contributed by atoms with Crippen LogP contribution in [-0.2, 0) is 9.84 Å². The van der Waals surface area contributed by atoms with E-state index in [2.05, 4.69) is 0 Å². The second kappa shape index (κ2) is 7.31. The van der Waals surface area contributed by atoms with E-state index in [1.54, 1.807) is 18.2 Å². The second-order valence-electron chi connectivity index (χ2n) is 5.07. The monoisotopic (exact) mass is 405 g/mol. The van der Waals surface area contributed by atoms with Gasteiger partial charge in [-0.25, -0.2) is 8.42 Å². The van der Waals surface area contributed by atoms with Crippen LogP contribution in [0, 0.1) is 10.1 Å². The molecule has 1 atom stereocenters. The molecule has 0 amide bonds. The Morgan fingerprint density at radius 3 is 2.38 bits per heavy atom. The summed E-state index contributed by atoms with van der Waals surface area (Å²) in [5.41, 5.74) is 0.422. The fourth-order valence-electron chi connectivity index (χ4n) is 2.10. The molecular weight excluding hydrogens is 393 g/mol. The van der Waals surface area contributed by atoms with E-state index in [0.717, 1.165) is 11.8 Å². The summed E-state index contributed by atoms with van der Waals surface area (Å²) in [6, 6.07) is 9.38. The smallest absolute Gasteiger partial charge is 0.258 e. The molecule has 0 aromatic heterocycles. The lowest BCUT2D eigenvalue weighted by Gasteiger charge is -2.13. The Morgan fingerprint density at radius 2 is 1.83 bits per heavy atom. The summed E-state index contributed by atoms with van der Waals surface area (Å²) in [7, 11) is -3.71. The van der Waals surface area contributed by atoms with Crippen LogP contribution in [-0.4, -0.2) is 19.6 Å². The normalized spacial score (nSPS) is 12.8. The number of halogens is 2. The van der Waals surface area contributed by atoms with Gasteiger partial charge in [-0.05, 0) is 36.8 Å². The number of rotatable bonds is 5. The summed E-state index contributed by atoms with van der Waals surface area (Å²) < 4.78 is 23.6. The number of nitrogens with zero attached hydrogens (tertiary/aromatic N) is 1. The molecule has 2 aromatic rings. The zero-order chi connectivity index (χ0) is 18.1. The van der Waals surface area contributed by atoms with Gasteiger partial charge in [-0.3, -0.25) is 10.1 Å². The van der Waals surface area contributed by atoms with Crippen LogP contribution in [0.2, 0.25) is 10.0 Å². The molecule has 1 unspecified atom stereocenters. The minimum absolute atomic E-state index is 0.187. The van der Waals surface area contributed by atoms with Crippen molar-refractivity contribution in [3.05, 3.63) is 62.1 Å². The van der Waals surface area contributed by atoms with Gasteiger partial charge in [-0.2, -0.15) is 0 Å². The van der Waals surface area contributed by atoms with Crippen molar-refractivity contribution >= 4 is 50.5 Å². The molecule has 0 aliphatic carbocycles. The fraction of sp³-hybridized carbons (Fsp3) is 0.200. The Hall–Kier alpha value is -1.28. The molecule has 0 spiro atoms. The van der Waals surface area contributed by atoms with Crippen molar-refractivity contribution in [3.8, 4) is 0 Å². The molecule has 0 aliphatic heterocycles. The maximum absolute atomic E-state index is 11.8. The number of sulfone groups is 1. The van der Waals surface area contributed by atoms with Crippen molar-refractivity contribution in [3.63, 3.8) is 0 Å². The van der Waals surface area contributed by atoms with Crippen LogP contribution in [0.25, 0.3) is 0 Å². The van der Waals surface area contributed by atoms with Crippen LogP contribution in [0.3, 0.4) is 0 Å². The lowest BCUT2D eigenvalue weighted by Crippen LogP contribution is -2.04. The number of benzene rings is 2. The average molecular weight is 406 g/mol. The Kier molecular flexibility index (Phi) is 5.80. The predicted molar refractivity (Wildman–Crippen MR) is 96.9 cm³/mol. The summed E-state index contributed by atoms with van der Waals surface area (Å²) in [6.45, 7) is 1.85. The van der Waals surface area contributed by atoms with Gasteiger partial charge in [0.1, 0.15) is 4.90 Å². The van der Waals surface area contributed by atoms with Crippen molar-refractivity contribution in [2.24, 2.45) is 0 Å². The molecule has 0 radical (unpaired) electrons. The Morgan fingerprint density at radius 1 is 1.17 bits per heavy atom. The van der Waals surface area contributed by atoms with Gasteiger partial charge in [-0.15, -0.1) is 11.8 Å². The quantitative estimate of drug-likeness (QED) is 0.390. The largest absolute Gasteiger partial charge is 0.301 e. The molecule has 0 heterocycles. The number of hydrogen-bond acceptors (Lipinski definition) is 5. The number of nitro benzene ring substituents is 1. The molecular formula is C15H13Cl2NO4S2. The van der Waals surface area contributed by atoms with E-state index in [1.807, 2.05) is 6.92 Å². The topological polar surface area (TPSA) is 77.3 Å². The minimum Gasteiger partial charge on any atom is -0.258 e. The zero-order valence-corrected chi connectivity index (χ0v) is 15.8. The first-order chi connectivity index (χ1) is 11.1. The summed E-state index contributed by atoms with van der Waals surface area (Å²) in [6.07, 6.45) is 0.951. The number of nitro groups is 1. The van der Waals surface area contributed by atoms with E-state index in [-0.39, 0.29) is 15.0 Å². The average Bonchev–Trinajstić information content (AvgIpc) is 2.48. The van der Waals surface area contributed by atoms with E-state index < -0.39 is 20.4 Å². The van der Waals surface area contributed by atoms with Crippen molar-refractivity contribution in [1.29, 1.82) is 0 Å². The molecule has 9 heteroatoms. The highest BCUT2D eigenvalue weighted by Crippen LogP contribution is 2.42. The molecule has 128 valence electrons. The van der Waals surface area contributed by atoms with Crippen molar-refractivity contribution in [2.45, 2.75) is 22.0 Å². The number of thioether (sulfide) groups is 1. The van der Waals surface area contributed by atoms with Gasteiger partial charge in [-0.1, -0.05) is 35.3 Å². The van der Waals surface area contributed by atoms with Gasteiger partial charge in [0.05, 0.1) is 19.9 Å². The van der Waals surface area contributed by atoms with Crippen LogP contribution in [0.1, 0.15) is 17.7 Å². The highest BCUT2D eigenvalue weighted by Gasteiger charge is 2.27. The maximum atomic E-state index is 11.8. The highest BCUT2D eigenvalue weighted by atomic mass is 35.5. The van der Waals surface area contributed by atoms with Gasteiger partial charge in [0, 0.05) is 11.5 Å². The molecule has 24 heavy (non-hydrogen) atoms. The van der Waals surface area contributed by atoms with E-state index in [1.165, 1.54) is 30.0 Å². The molecule has 5 nitrogen and oxygen atoms in total. The Balaban J connectivity index is 2.45. The van der Waals surface area contributed by atoms with Gasteiger partial charge in [0.15, 0.2) is 9.84 Å². The van der Waals surface area contributed by atoms with Crippen LogP contribution in [0.15, 0.2) is 46.2 Å². The molecule has 2 aromatic carbocycles. The van der Waals surface area contributed by atoms with Crippen molar-refractivity contribution in [2.75, 3.05) is 6.26 Å². The second-order valence-corrected chi connectivity index (χ2v) is 9.25. The van der Waals surface area contributed by atoms with Crippen LogP contribution >= 0.6 is 35.0 Å². The van der Waals surface area contributed by atoms with Crippen LogP contribution < -0.4 is 0 Å². The molecule has 2 rings (SSSR count). The standard InChI is InChI=1S/C15H13Cl2NO4S2/c1-9(10-6-7-11(16)12(17)8-10)23-13-4-3-5-14(24(2,21)22)15(13)18(19)20/h3-9H,1-2H3. The highest BCUT2D eigenvalue weighted by molar-refractivity contribution is 7.99. The third kappa shape index (κ3) is 4.22. The number of para-hydroxylation sites is 1. The molecule has 0 N–H and O–H groups in total. The van der Waals surface area contributed by atoms with Crippen molar-refractivity contribution in [1.82, 2.24) is 0 Å². The summed E-state index contributed by atoms with van der Waals surface area (Å²) >= 11 is 13.1. The zero-order valence-electron chi connectivity index (χ0n) is 12.7. The maximum Gasteiger partial charge on any atom is 0.301 e. The Bertz CT molecular complexity index is 900. The van der Waals surface area contributed by atoms with E-state index in [0.29, 0.717) is 10.0 Å². The third-order valence-electron chi connectivity index (χ3n) is 3.26. The first-order valence-electron chi connectivity index (χ1n) is 6.70. The molecule has 0 bridgehead atoms. The molecule has 0 aliphatic rings. The molecule has 0 fully saturated rings. The van der Waals surface area contributed by atoms with E-state index >= 15 is 0 Å². The SMILES string of the molecule is CC(Sc1cccc(S(C)(=O)=O)c1[N+](=O)[O-])c1ccc(Cl)c(Cl)c1. The molecule has 0 saturated heterocycles. The molecule has 0 saturated carbocycles. The van der Waals surface area contributed by atoms with Gasteiger partial charge >= 0.3 is 5.69 Å². The lowest BCUT2D eigenvalue weighted by molar-refractivity contribution is -0.390. The third-order valence-corrected chi connectivity index (χ3v) is 6.34. The van der Waals surface area contributed by atoms with Crippen molar-refractivity contribution < 1.29 is 13.3 Å². The van der Waals surface area contributed by atoms with E-state index in [4.69, 9.17) is 23.2 Å². The first kappa shape index (κ1) is 19.1. The lowest BCUT2D eigenvalue weighted by atomic mass is 10.2. The summed E-state index contributed by atoms with van der Waals surface area (Å²) in [5.74, 6) is 0. The van der Waals surface area contributed by atoms with E-state index in [9.17, 15) is 18.5 Å². The summed E-state index contributed by atoms with van der Waals surface area (Å²) in [4.78, 5) is 10.7. The fourth-order valence-corrected chi connectivity index (χ4v) is 4.45. The predicted octanol–water partition coefficient (Wildman–Crippen LogP) is 5.16. The van der Waals surface area contributed by atoms with Crippen LogP contribution in [0.4, 0.5) is 5.69 Å². The van der Waals surface area contributed by atoms with Crippen LogP contribution in [0.5, 0.6) is 0 Å². The number of hydrogen-bond donors (Lipinski definition) is 0. The minimum atomic E-state index is -3.71. The summed E-state index contributed by atoms with van der Waals surface area (Å²) in [5, 5.41) is 12.0. The van der Waals surface area contributed by atoms with Gasteiger partial charge in [0.25, 0.3) is 0 Å². The Labute approximate surface area is 154 Å². The first-order valence-corrected chi connectivity index (χ1v) is 10.2. The van der Waals surface area contributed by atoms with Gasteiger partial charge in [0.2, 0.25) is 0 Å². The van der Waals surface area contributed by atoms with Gasteiger partial charge < -0.3 is 0 Å².